The predicted octanol–water partition coefficient (Wildman–Crippen LogP) is 5.52. The van der Waals surface area contributed by atoms with Crippen LogP contribution in [0.5, 0.6) is 0 Å². The second-order valence-electron chi connectivity index (χ2n) is 6.65. The summed E-state index contributed by atoms with van der Waals surface area (Å²) in [6.45, 7) is 16.5. The highest BCUT2D eigenvalue weighted by atomic mass is 28.4. The first-order valence-electron chi connectivity index (χ1n) is 8.13. The highest BCUT2D eigenvalue weighted by Crippen LogP contribution is 2.29. The Morgan fingerprint density at radius 1 is 0.947 bits per heavy atom. The zero-order valence-electron chi connectivity index (χ0n) is 14.3. The molecule has 0 aromatic rings. The van der Waals surface area contributed by atoms with Gasteiger partial charge in [0.25, 0.3) is 0 Å². The largest absolute Gasteiger partial charge is 0.394 e. The van der Waals surface area contributed by atoms with Gasteiger partial charge in [-0.2, -0.15) is 0 Å². The molecular formula is C16H36O2Si. The van der Waals surface area contributed by atoms with Crippen molar-refractivity contribution in [1.82, 2.24) is 0 Å². The summed E-state index contributed by atoms with van der Waals surface area (Å²) in [4.78, 5) is 0. The minimum atomic E-state index is -1.98. The van der Waals surface area contributed by atoms with Crippen LogP contribution in [-0.4, -0.2) is 21.3 Å². The molecule has 0 rings (SSSR count). The molecule has 0 aliphatic carbocycles. The molecule has 0 aliphatic heterocycles. The first-order valence-corrected chi connectivity index (χ1v) is 10.4. The molecule has 1 unspecified atom stereocenters. The third-order valence-corrected chi connectivity index (χ3v) is 7.72. The van der Waals surface area contributed by atoms with Crippen LogP contribution >= 0.6 is 0 Å². The van der Waals surface area contributed by atoms with E-state index in [9.17, 15) is 0 Å². The van der Waals surface area contributed by atoms with Gasteiger partial charge in [0.05, 0.1) is 0 Å². The Labute approximate surface area is 122 Å². The molecular weight excluding hydrogens is 252 g/mol. The summed E-state index contributed by atoms with van der Waals surface area (Å²) in [5.41, 5.74) is 0.189. The smallest absolute Gasteiger partial charge is 0.337 e. The molecule has 0 fully saturated rings. The van der Waals surface area contributed by atoms with Crippen molar-refractivity contribution in [2.24, 2.45) is 5.41 Å². The van der Waals surface area contributed by atoms with Gasteiger partial charge in [0.15, 0.2) is 0 Å². The van der Waals surface area contributed by atoms with Crippen LogP contribution in [0.25, 0.3) is 0 Å². The summed E-state index contributed by atoms with van der Waals surface area (Å²) < 4.78 is 12.7. The Morgan fingerprint density at radius 2 is 1.53 bits per heavy atom. The van der Waals surface area contributed by atoms with E-state index >= 15 is 0 Å². The van der Waals surface area contributed by atoms with Crippen LogP contribution in [0.15, 0.2) is 0 Å². The lowest BCUT2D eigenvalue weighted by Gasteiger charge is -2.37. The Kier molecular flexibility index (Phi) is 9.21. The van der Waals surface area contributed by atoms with E-state index in [0.717, 1.165) is 18.7 Å². The molecule has 0 bridgehead atoms. The van der Waals surface area contributed by atoms with Crippen molar-refractivity contribution in [3.8, 4) is 0 Å². The van der Waals surface area contributed by atoms with E-state index < -0.39 is 8.56 Å². The topological polar surface area (TPSA) is 18.5 Å². The third kappa shape index (κ3) is 7.47. The Balaban J connectivity index is 4.33. The molecule has 19 heavy (non-hydrogen) atoms. The zero-order valence-corrected chi connectivity index (χ0v) is 15.3. The zero-order chi connectivity index (χ0) is 14.9. The molecule has 3 heteroatoms. The highest BCUT2D eigenvalue weighted by Gasteiger charge is 2.38. The number of hydrogen-bond acceptors (Lipinski definition) is 2. The van der Waals surface area contributed by atoms with Crippen molar-refractivity contribution < 1.29 is 8.85 Å². The van der Waals surface area contributed by atoms with Crippen molar-refractivity contribution in [3.63, 3.8) is 0 Å². The summed E-state index contributed by atoms with van der Waals surface area (Å²) in [5, 5.41) is 0. The first kappa shape index (κ1) is 19.1. The second-order valence-corrected chi connectivity index (χ2v) is 10.4. The average Bonchev–Trinajstić information content (AvgIpc) is 2.36. The van der Waals surface area contributed by atoms with Gasteiger partial charge >= 0.3 is 8.56 Å². The quantitative estimate of drug-likeness (QED) is 0.389. The highest BCUT2D eigenvalue weighted by molar-refractivity contribution is 6.67. The van der Waals surface area contributed by atoms with E-state index in [4.69, 9.17) is 8.85 Å². The van der Waals surface area contributed by atoms with Gasteiger partial charge in [-0.15, -0.1) is 0 Å². The molecule has 0 saturated heterocycles. The number of hydrogen-bond donors (Lipinski definition) is 0. The maximum atomic E-state index is 6.42. The molecule has 0 radical (unpaired) electrons. The van der Waals surface area contributed by atoms with E-state index in [1.165, 1.54) is 25.7 Å². The van der Waals surface area contributed by atoms with Crippen LogP contribution < -0.4 is 0 Å². The average molecular weight is 289 g/mol. The van der Waals surface area contributed by atoms with Gasteiger partial charge in [-0.3, -0.25) is 0 Å². The van der Waals surface area contributed by atoms with E-state index in [1.807, 2.05) is 0 Å². The summed E-state index contributed by atoms with van der Waals surface area (Å²) in [7, 11) is -1.98. The van der Waals surface area contributed by atoms with Gasteiger partial charge in [0.2, 0.25) is 0 Å². The third-order valence-electron chi connectivity index (χ3n) is 4.05. The molecule has 1 atom stereocenters. The summed E-state index contributed by atoms with van der Waals surface area (Å²) in [6.07, 6.45) is 5.31. The number of rotatable bonds is 10. The van der Waals surface area contributed by atoms with E-state index in [2.05, 4.69) is 48.5 Å². The fraction of sp³-hybridized carbons (Fsp3) is 1.00. The summed E-state index contributed by atoms with van der Waals surface area (Å²) in [5.74, 6) is 0. The molecule has 0 heterocycles. The van der Waals surface area contributed by atoms with Crippen LogP contribution in [0.3, 0.4) is 0 Å². The van der Waals surface area contributed by atoms with Gasteiger partial charge < -0.3 is 8.85 Å². The summed E-state index contributed by atoms with van der Waals surface area (Å²) in [6, 6.07) is 2.11. The fourth-order valence-corrected chi connectivity index (χ4v) is 4.76. The van der Waals surface area contributed by atoms with Gasteiger partial charge in [-0.25, -0.2) is 0 Å². The molecule has 0 aromatic carbocycles. The Morgan fingerprint density at radius 3 is 1.95 bits per heavy atom. The SMILES string of the molecule is CCCCCCO[Si](CC)(CC)OC(C)C(C)(C)C. The Hall–Kier alpha value is 0.137. The van der Waals surface area contributed by atoms with Crippen LogP contribution in [0, 0.1) is 5.41 Å². The van der Waals surface area contributed by atoms with Crippen molar-refractivity contribution in [2.45, 2.75) is 92.3 Å². The number of unbranched alkanes of at least 4 members (excludes halogenated alkanes) is 3. The van der Waals surface area contributed by atoms with Crippen molar-refractivity contribution in [1.29, 1.82) is 0 Å². The van der Waals surface area contributed by atoms with Crippen molar-refractivity contribution >= 4 is 8.56 Å². The van der Waals surface area contributed by atoms with Crippen molar-refractivity contribution in [3.05, 3.63) is 0 Å². The van der Waals surface area contributed by atoms with Gasteiger partial charge in [-0.05, 0) is 30.8 Å². The van der Waals surface area contributed by atoms with Gasteiger partial charge in [0.1, 0.15) is 0 Å². The van der Waals surface area contributed by atoms with Crippen molar-refractivity contribution in [2.75, 3.05) is 6.61 Å². The Bertz CT molecular complexity index is 219. The molecule has 0 aliphatic rings. The van der Waals surface area contributed by atoms with Gasteiger partial charge in [0, 0.05) is 12.7 Å². The lowest BCUT2D eigenvalue weighted by atomic mass is 9.91. The predicted molar refractivity (Wildman–Crippen MR) is 86.8 cm³/mol. The first-order chi connectivity index (χ1) is 8.81. The molecule has 0 aromatic heterocycles. The minimum absolute atomic E-state index is 0.189. The lowest BCUT2D eigenvalue weighted by molar-refractivity contribution is 0.0517. The molecule has 0 amide bonds. The van der Waals surface area contributed by atoms with E-state index in [-0.39, 0.29) is 11.5 Å². The molecule has 116 valence electrons. The van der Waals surface area contributed by atoms with Crippen LogP contribution in [-0.2, 0) is 8.85 Å². The van der Waals surface area contributed by atoms with E-state index in [0.29, 0.717) is 0 Å². The second kappa shape index (κ2) is 9.14. The van der Waals surface area contributed by atoms with Crippen LogP contribution in [0.1, 0.15) is 74.1 Å². The van der Waals surface area contributed by atoms with Crippen LogP contribution in [0.2, 0.25) is 12.1 Å². The summed E-state index contributed by atoms with van der Waals surface area (Å²) >= 11 is 0. The maximum absolute atomic E-state index is 6.42. The molecule has 0 N–H and O–H groups in total. The normalized spacial score (nSPS) is 14.7. The van der Waals surface area contributed by atoms with Gasteiger partial charge in [-0.1, -0.05) is 60.8 Å². The standard InChI is InChI=1S/C16H36O2Si/c1-8-11-12-13-14-17-19(9-2,10-3)18-15(4)16(5,6)7/h15H,8-14H2,1-7H3. The van der Waals surface area contributed by atoms with Crippen LogP contribution in [0.4, 0.5) is 0 Å². The molecule has 2 nitrogen and oxygen atoms in total. The monoisotopic (exact) mass is 288 g/mol. The maximum Gasteiger partial charge on any atom is 0.337 e. The minimum Gasteiger partial charge on any atom is -0.394 e. The fourth-order valence-electron chi connectivity index (χ4n) is 1.94. The molecule has 0 saturated carbocycles. The lowest BCUT2D eigenvalue weighted by Crippen LogP contribution is -2.46. The van der Waals surface area contributed by atoms with E-state index in [1.54, 1.807) is 0 Å². The molecule has 0 spiro atoms.